The number of allylic oxidation sites excluding steroid dienone is 6. The van der Waals surface area contributed by atoms with E-state index in [0.29, 0.717) is 8.89 Å². The van der Waals surface area contributed by atoms with E-state index in [2.05, 4.69) is 11.4 Å². The number of anilines is 1. The van der Waals surface area contributed by atoms with Crippen LogP contribution in [0.4, 0.5) is 5.69 Å². The molecule has 0 saturated carbocycles. The number of fused-ring (bicyclic) bond motifs is 1. The third-order valence-electron chi connectivity index (χ3n) is 5.15. The first-order chi connectivity index (χ1) is 17.0. The summed E-state index contributed by atoms with van der Waals surface area (Å²) in [7, 11) is -4.59. The van der Waals surface area contributed by atoms with Gasteiger partial charge in [0.15, 0.2) is 0 Å². The molecule has 0 bridgehead atoms. The van der Waals surface area contributed by atoms with Gasteiger partial charge in [0, 0.05) is 0 Å². The van der Waals surface area contributed by atoms with Crippen LogP contribution in [0.15, 0.2) is 131 Å². The predicted octanol–water partition coefficient (Wildman–Crippen LogP) is 2.87. The fourth-order valence-corrected chi connectivity index (χ4v) is 9.68. The molecule has 0 amide bonds. The molecule has 1 N–H and O–H groups in total. The molecule has 3 aromatic carbocycles. The molecule has 3 aromatic rings. The molecule has 2 heterocycles. The van der Waals surface area contributed by atoms with Crippen LogP contribution in [0.3, 0.4) is 0 Å². The van der Waals surface area contributed by atoms with E-state index in [1.807, 2.05) is 109 Å². The van der Waals surface area contributed by atoms with Gasteiger partial charge in [-0.3, -0.25) is 0 Å². The van der Waals surface area contributed by atoms with Crippen molar-refractivity contribution in [3.8, 4) is 0 Å². The van der Waals surface area contributed by atoms with Crippen LogP contribution in [0.1, 0.15) is 11.1 Å². The zero-order valence-electron chi connectivity index (χ0n) is 18.3. The molecule has 0 radical (unpaired) electrons. The molecule has 0 fully saturated rings. The van der Waals surface area contributed by atoms with Crippen molar-refractivity contribution in [2.45, 2.75) is 4.90 Å². The van der Waals surface area contributed by atoms with E-state index in [1.54, 1.807) is 11.8 Å². The number of hydrogen-bond donors (Lipinski definition) is 1. The first-order valence-corrected chi connectivity index (χ1v) is 15.1. The molecule has 0 aromatic heterocycles. The Morgan fingerprint density at radius 3 is 2.14 bits per heavy atom. The van der Waals surface area contributed by atoms with Gasteiger partial charge in [-0.25, -0.2) is 0 Å². The molecule has 0 spiro atoms. The number of thioether (sulfide) groups is 1. The van der Waals surface area contributed by atoms with Crippen molar-refractivity contribution < 1.29 is 27.6 Å². The number of nitrogens with one attached hydrogen (secondary N) is 1. The normalized spacial score (nSPS) is 18.9. The molecular weight excluding hydrogens is 549 g/mol. The summed E-state index contributed by atoms with van der Waals surface area (Å²) in [4.78, 5) is 1.18. The minimum atomic E-state index is -4.59. The summed E-state index contributed by atoms with van der Waals surface area (Å²) < 4.78 is 41.7. The SMILES string of the molecule is [O-][Cl+3]([O-])([O-])O[Se]1=C(c2ccccc2)C=C(/C=C/C=C2/Nc3ccccc3S2)C=C1c1ccccc1. The average Bonchev–Trinajstić information content (AvgIpc) is 3.28. The molecule has 0 saturated heterocycles. The first kappa shape index (κ1) is 24.0. The van der Waals surface area contributed by atoms with Gasteiger partial charge in [0.05, 0.1) is 0 Å². The van der Waals surface area contributed by atoms with E-state index in [9.17, 15) is 14.0 Å². The van der Waals surface area contributed by atoms with Crippen molar-refractivity contribution >= 4 is 40.1 Å². The van der Waals surface area contributed by atoms with Crippen molar-refractivity contribution in [2.24, 2.45) is 0 Å². The first-order valence-electron chi connectivity index (χ1n) is 10.6. The summed E-state index contributed by atoms with van der Waals surface area (Å²) in [5.41, 5.74) is 3.61. The molecule has 0 aliphatic carbocycles. The fraction of sp³-hybridized carbons (Fsp3) is 0. The molecule has 5 nitrogen and oxygen atoms in total. The minimum absolute atomic E-state index is 0.715. The van der Waals surface area contributed by atoms with Crippen LogP contribution in [0.2, 0.25) is 0 Å². The van der Waals surface area contributed by atoms with Crippen molar-refractivity contribution in [2.75, 3.05) is 5.32 Å². The van der Waals surface area contributed by atoms with Crippen LogP contribution < -0.4 is 19.3 Å². The number of benzene rings is 3. The van der Waals surface area contributed by atoms with E-state index in [0.717, 1.165) is 27.4 Å². The number of para-hydroxylation sites is 1. The number of rotatable bonds is 6. The van der Waals surface area contributed by atoms with Gasteiger partial charge in [0.2, 0.25) is 0 Å². The Bertz CT molecular complexity index is 1370. The Labute approximate surface area is 214 Å². The quantitative estimate of drug-likeness (QED) is 0.460. The van der Waals surface area contributed by atoms with E-state index < -0.39 is 24.0 Å². The summed E-state index contributed by atoms with van der Waals surface area (Å²) in [6.07, 6.45) is 9.75. The molecular formula is C27H20ClNO4SSe. The van der Waals surface area contributed by atoms with E-state index in [4.69, 9.17) is 3.37 Å². The summed E-state index contributed by atoms with van der Waals surface area (Å²) in [5, 5.41) is 4.41. The maximum atomic E-state index is 11.7. The van der Waals surface area contributed by atoms with Gasteiger partial charge >= 0.3 is 215 Å². The summed E-state index contributed by atoms with van der Waals surface area (Å²) >= 11 is -1.00. The van der Waals surface area contributed by atoms with Crippen LogP contribution in [0.5, 0.6) is 0 Å². The zero-order valence-corrected chi connectivity index (χ0v) is 21.6. The van der Waals surface area contributed by atoms with Crippen LogP contribution in [-0.2, 0) is 3.37 Å². The Morgan fingerprint density at radius 1 is 0.800 bits per heavy atom. The van der Waals surface area contributed by atoms with Crippen LogP contribution in [0, 0.1) is 10.2 Å². The molecule has 1 unspecified atom stereocenters. The predicted molar refractivity (Wildman–Crippen MR) is 133 cm³/mol. The standard InChI is InChI=1S/C27H20ClNO4SSe/c30-28(31,32)33-35-25(21-11-3-1-4-12-21)18-20(19-26(35)22-13-5-2-6-14-22)10-9-17-27-29-23-15-7-8-16-24(23)34-27/h1-19,29H/b10-9+,27-17-. The van der Waals surface area contributed by atoms with Crippen LogP contribution in [-0.4, -0.2) is 18.2 Å². The number of halogens is 1. The Balaban J connectivity index is 1.55. The van der Waals surface area contributed by atoms with Gasteiger partial charge in [-0.15, -0.1) is 0 Å². The van der Waals surface area contributed by atoms with Gasteiger partial charge in [-0.05, 0) is 0 Å². The van der Waals surface area contributed by atoms with Crippen molar-refractivity contribution in [1.29, 1.82) is 0 Å². The molecule has 2 aliphatic rings. The van der Waals surface area contributed by atoms with E-state index >= 15 is 0 Å². The molecule has 35 heavy (non-hydrogen) atoms. The molecule has 5 rings (SSSR count). The summed E-state index contributed by atoms with van der Waals surface area (Å²) in [6.45, 7) is 0. The van der Waals surface area contributed by atoms with Crippen molar-refractivity contribution in [3.05, 3.63) is 137 Å². The third-order valence-corrected chi connectivity index (χ3v) is 11.4. The molecule has 8 heteroatoms. The zero-order chi connectivity index (χ0) is 24.3. The second-order valence-electron chi connectivity index (χ2n) is 7.57. The Morgan fingerprint density at radius 2 is 1.46 bits per heavy atom. The summed E-state index contributed by atoms with van der Waals surface area (Å²) in [6, 6.07) is 27.0. The van der Waals surface area contributed by atoms with Crippen molar-refractivity contribution in [1.82, 2.24) is 0 Å². The van der Waals surface area contributed by atoms with Crippen molar-refractivity contribution in [3.63, 3.8) is 0 Å². The van der Waals surface area contributed by atoms with E-state index in [1.165, 1.54) is 4.90 Å². The maximum absolute atomic E-state index is 11.7. The van der Waals surface area contributed by atoms with Gasteiger partial charge < -0.3 is 0 Å². The average molecular weight is 569 g/mol. The third kappa shape index (κ3) is 5.93. The number of hydrogen-bond acceptors (Lipinski definition) is 6. The van der Waals surface area contributed by atoms with E-state index in [-0.39, 0.29) is 0 Å². The van der Waals surface area contributed by atoms with Gasteiger partial charge in [-0.2, -0.15) is 0 Å². The topological polar surface area (TPSA) is 90.4 Å². The fourth-order valence-electron chi connectivity index (χ4n) is 3.65. The van der Waals surface area contributed by atoms with Gasteiger partial charge in [-0.1, -0.05) is 0 Å². The van der Waals surface area contributed by atoms with Gasteiger partial charge in [0.25, 0.3) is 0 Å². The molecule has 1 atom stereocenters. The van der Waals surface area contributed by atoms with Gasteiger partial charge in [0.1, 0.15) is 0 Å². The Hall–Kier alpha value is -2.71. The second-order valence-corrected chi connectivity index (χ2v) is 13.3. The Kier molecular flexibility index (Phi) is 7.20. The monoisotopic (exact) mass is 569 g/mol. The van der Waals surface area contributed by atoms with Crippen LogP contribution in [0.25, 0.3) is 4.47 Å². The molecule has 2 aliphatic heterocycles. The molecule has 176 valence electrons. The van der Waals surface area contributed by atoms with Crippen LogP contribution >= 0.6 is 11.8 Å². The second kappa shape index (κ2) is 10.5. The summed E-state index contributed by atoms with van der Waals surface area (Å²) in [5.74, 6) is 0.